The minimum Gasteiger partial charge on any atom is -0.352 e. The summed E-state index contributed by atoms with van der Waals surface area (Å²) in [5.41, 5.74) is 1.73. The number of rotatable bonds is 6. The minimum atomic E-state index is -0.00474. The highest BCUT2D eigenvalue weighted by Crippen LogP contribution is 2.07. The third-order valence-corrected chi connectivity index (χ3v) is 2.92. The van der Waals surface area contributed by atoms with Crippen molar-refractivity contribution in [2.75, 3.05) is 6.54 Å². The average Bonchev–Trinajstić information content (AvgIpc) is 2.34. The van der Waals surface area contributed by atoms with Crippen molar-refractivity contribution in [2.24, 2.45) is 5.92 Å². The predicted molar refractivity (Wildman–Crippen MR) is 72.4 cm³/mol. The van der Waals surface area contributed by atoms with E-state index in [1.54, 1.807) is 0 Å². The third kappa shape index (κ3) is 5.22. The summed E-state index contributed by atoms with van der Waals surface area (Å²) in [7, 11) is 0. The molecule has 0 aliphatic carbocycles. The lowest BCUT2D eigenvalue weighted by atomic mass is 10.1. The largest absolute Gasteiger partial charge is 0.352 e. The number of hydrogen-bond donors (Lipinski definition) is 1. The second-order valence-corrected chi connectivity index (χ2v) is 4.89. The molecule has 0 aliphatic rings. The molecule has 1 rings (SSSR count). The summed E-state index contributed by atoms with van der Waals surface area (Å²) in [6.45, 7) is 5.12. The highest BCUT2D eigenvalue weighted by Gasteiger charge is 2.04. The molecule has 0 aromatic heterocycles. The van der Waals surface area contributed by atoms with Gasteiger partial charge in [-0.25, -0.2) is 0 Å². The monoisotopic (exact) mass is 253 g/mol. The first-order valence-electron chi connectivity index (χ1n) is 6.06. The van der Waals surface area contributed by atoms with Crippen LogP contribution >= 0.6 is 11.6 Å². The fourth-order valence-electron chi connectivity index (χ4n) is 1.56. The molecule has 1 amide bonds. The van der Waals surface area contributed by atoms with E-state index in [0.717, 1.165) is 24.9 Å². The van der Waals surface area contributed by atoms with Crippen molar-refractivity contribution in [2.45, 2.75) is 32.6 Å². The van der Waals surface area contributed by atoms with Crippen LogP contribution in [0.25, 0.3) is 0 Å². The van der Waals surface area contributed by atoms with Crippen LogP contribution in [0.3, 0.4) is 0 Å². The molecule has 0 saturated heterocycles. The predicted octanol–water partition coefficient (Wildman–Crippen LogP) is 3.59. The average molecular weight is 254 g/mol. The van der Waals surface area contributed by atoms with E-state index in [2.05, 4.69) is 19.2 Å². The Hall–Kier alpha value is -1.02. The lowest BCUT2D eigenvalue weighted by Gasteiger charge is -2.07. The van der Waals surface area contributed by atoms with Crippen molar-refractivity contribution in [3.63, 3.8) is 0 Å². The Bertz CT molecular complexity index is 346. The van der Waals surface area contributed by atoms with Crippen LogP contribution in [-0.2, 0) is 5.88 Å². The molecule has 94 valence electrons. The molecule has 1 N–H and O–H groups in total. The van der Waals surface area contributed by atoms with Crippen molar-refractivity contribution in [1.29, 1.82) is 0 Å². The molecule has 2 nitrogen and oxygen atoms in total. The van der Waals surface area contributed by atoms with E-state index in [0.29, 0.717) is 17.4 Å². The molecule has 0 aliphatic heterocycles. The van der Waals surface area contributed by atoms with E-state index in [1.807, 2.05) is 24.3 Å². The van der Waals surface area contributed by atoms with Gasteiger partial charge in [-0.15, -0.1) is 11.6 Å². The normalized spacial score (nSPS) is 10.6. The standard InChI is InChI=1S/C14H20ClNO/c1-11(2)4-3-9-16-14(17)13-7-5-12(10-15)6-8-13/h5-8,11H,3-4,9-10H2,1-2H3,(H,16,17). The fraction of sp³-hybridized carbons (Fsp3) is 0.500. The van der Waals surface area contributed by atoms with E-state index in [4.69, 9.17) is 11.6 Å². The summed E-state index contributed by atoms with van der Waals surface area (Å²) >= 11 is 5.69. The van der Waals surface area contributed by atoms with Crippen LogP contribution in [0.1, 0.15) is 42.6 Å². The summed E-state index contributed by atoms with van der Waals surface area (Å²) in [6.07, 6.45) is 2.18. The maximum absolute atomic E-state index is 11.7. The van der Waals surface area contributed by atoms with Gasteiger partial charge in [-0.05, 0) is 36.5 Å². The molecular formula is C14H20ClNO. The first-order chi connectivity index (χ1) is 8.13. The molecule has 0 atom stereocenters. The van der Waals surface area contributed by atoms with Crippen molar-refractivity contribution in [1.82, 2.24) is 5.32 Å². The molecule has 1 aromatic carbocycles. The molecule has 0 heterocycles. The summed E-state index contributed by atoms with van der Waals surface area (Å²) in [5.74, 6) is 1.17. The number of carbonyl (C=O) groups is 1. The Morgan fingerprint density at radius 2 is 1.94 bits per heavy atom. The van der Waals surface area contributed by atoms with Gasteiger partial charge in [-0.3, -0.25) is 4.79 Å². The van der Waals surface area contributed by atoms with Crippen LogP contribution in [0, 0.1) is 5.92 Å². The smallest absolute Gasteiger partial charge is 0.251 e. The van der Waals surface area contributed by atoms with Crippen molar-refractivity contribution in [3.8, 4) is 0 Å². The maximum atomic E-state index is 11.7. The lowest BCUT2D eigenvalue weighted by Crippen LogP contribution is -2.24. The number of nitrogens with one attached hydrogen (secondary N) is 1. The van der Waals surface area contributed by atoms with Gasteiger partial charge >= 0.3 is 0 Å². The number of halogens is 1. The van der Waals surface area contributed by atoms with Gasteiger partial charge in [0, 0.05) is 18.0 Å². The molecule has 17 heavy (non-hydrogen) atoms. The molecule has 0 saturated carbocycles. The van der Waals surface area contributed by atoms with Crippen LogP contribution in [0.5, 0.6) is 0 Å². The molecular weight excluding hydrogens is 234 g/mol. The molecule has 3 heteroatoms. The Morgan fingerprint density at radius 1 is 1.29 bits per heavy atom. The van der Waals surface area contributed by atoms with Gasteiger partial charge in [-0.2, -0.15) is 0 Å². The van der Waals surface area contributed by atoms with Gasteiger partial charge in [-0.1, -0.05) is 26.0 Å². The molecule has 0 spiro atoms. The van der Waals surface area contributed by atoms with E-state index in [1.165, 1.54) is 0 Å². The number of carbonyl (C=O) groups excluding carboxylic acids is 1. The highest BCUT2D eigenvalue weighted by molar-refractivity contribution is 6.17. The van der Waals surface area contributed by atoms with Gasteiger partial charge in [0.1, 0.15) is 0 Å². The first kappa shape index (κ1) is 14.0. The summed E-state index contributed by atoms with van der Waals surface area (Å²) in [4.78, 5) is 11.7. The third-order valence-electron chi connectivity index (χ3n) is 2.61. The maximum Gasteiger partial charge on any atom is 0.251 e. The second kappa shape index (κ2) is 7.33. The summed E-state index contributed by atoms with van der Waals surface area (Å²) in [5, 5.41) is 2.92. The first-order valence-corrected chi connectivity index (χ1v) is 6.60. The van der Waals surface area contributed by atoms with Crippen LogP contribution in [-0.4, -0.2) is 12.5 Å². The number of hydrogen-bond acceptors (Lipinski definition) is 1. The molecule has 0 fully saturated rings. The molecule has 0 radical (unpaired) electrons. The lowest BCUT2D eigenvalue weighted by molar-refractivity contribution is 0.0952. The minimum absolute atomic E-state index is 0.00474. The molecule has 0 bridgehead atoms. The number of benzene rings is 1. The Balaban J connectivity index is 2.36. The highest BCUT2D eigenvalue weighted by atomic mass is 35.5. The number of alkyl halides is 1. The zero-order chi connectivity index (χ0) is 12.7. The van der Waals surface area contributed by atoms with Gasteiger partial charge in [0.2, 0.25) is 0 Å². The van der Waals surface area contributed by atoms with Gasteiger partial charge in [0.15, 0.2) is 0 Å². The van der Waals surface area contributed by atoms with Crippen LogP contribution in [0.15, 0.2) is 24.3 Å². The van der Waals surface area contributed by atoms with E-state index >= 15 is 0 Å². The van der Waals surface area contributed by atoms with E-state index in [-0.39, 0.29) is 5.91 Å². The topological polar surface area (TPSA) is 29.1 Å². The molecule has 0 unspecified atom stereocenters. The quantitative estimate of drug-likeness (QED) is 0.609. The van der Waals surface area contributed by atoms with E-state index < -0.39 is 0 Å². The van der Waals surface area contributed by atoms with Crippen LogP contribution in [0.2, 0.25) is 0 Å². The molecule has 1 aromatic rings. The second-order valence-electron chi connectivity index (χ2n) is 4.62. The van der Waals surface area contributed by atoms with E-state index in [9.17, 15) is 4.79 Å². The van der Waals surface area contributed by atoms with Gasteiger partial charge < -0.3 is 5.32 Å². The summed E-state index contributed by atoms with van der Waals surface area (Å²) < 4.78 is 0. The SMILES string of the molecule is CC(C)CCCNC(=O)c1ccc(CCl)cc1. The van der Waals surface area contributed by atoms with Crippen molar-refractivity contribution >= 4 is 17.5 Å². The summed E-state index contributed by atoms with van der Waals surface area (Å²) in [6, 6.07) is 7.40. The van der Waals surface area contributed by atoms with Gasteiger partial charge in [0.05, 0.1) is 0 Å². The van der Waals surface area contributed by atoms with Gasteiger partial charge in [0.25, 0.3) is 5.91 Å². The van der Waals surface area contributed by atoms with Crippen molar-refractivity contribution < 1.29 is 4.79 Å². The van der Waals surface area contributed by atoms with Crippen molar-refractivity contribution in [3.05, 3.63) is 35.4 Å². The van der Waals surface area contributed by atoms with Crippen LogP contribution in [0.4, 0.5) is 0 Å². The Kier molecular flexibility index (Phi) is 6.06. The number of amides is 1. The Labute approximate surface area is 108 Å². The fourth-order valence-corrected chi connectivity index (χ4v) is 1.74. The van der Waals surface area contributed by atoms with Crippen LogP contribution < -0.4 is 5.32 Å². The Morgan fingerprint density at radius 3 is 2.47 bits per heavy atom. The zero-order valence-electron chi connectivity index (χ0n) is 10.5. The zero-order valence-corrected chi connectivity index (χ0v) is 11.3.